The Kier molecular flexibility index (Phi) is 14.2. The molecule has 60 heavy (non-hydrogen) atoms. The van der Waals surface area contributed by atoms with Gasteiger partial charge in [-0.05, 0) is 55.4 Å². The van der Waals surface area contributed by atoms with E-state index in [2.05, 4.69) is 5.32 Å². The van der Waals surface area contributed by atoms with Gasteiger partial charge in [0.1, 0.15) is 54.9 Å². The van der Waals surface area contributed by atoms with Crippen LogP contribution in [0.1, 0.15) is 62.3 Å². The Balaban J connectivity index is 2.73. The van der Waals surface area contributed by atoms with Gasteiger partial charge in [-0.1, -0.05) is 0 Å². The van der Waals surface area contributed by atoms with Crippen LogP contribution in [0.2, 0.25) is 0 Å². The molecule has 1 amide bonds. The molecule has 24 nitrogen and oxygen atoms in total. The van der Waals surface area contributed by atoms with Gasteiger partial charge in [-0.3, -0.25) is 38.4 Å². The molecule has 0 aliphatic carbocycles. The molecular formula is C36H53NO23. The van der Waals surface area contributed by atoms with Crippen molar-refractivity contribution in [1.82, 2.24) is 5.32 Å². The van der Waals surface area contributed by atoms with Crippen molar-refractivity contribution >= 4 is 46.4 Å². The van der Waals surface area contributed by atoms with Crippen LogP contribution in [0.15, 0.2) is 0 Å². The van der Waals surface area contributed by atoms with Gasteiger partial charge in [0.05, 0.1) is 6.61 Å². The summed E-state index contributed by atoms with van der Waals surface area (Å²) in [4.78, 5) is 107. The molecule has 17 atom stereocenters. The molecule has 3 aliphatic rings. The van der Waals surface area contributed by atoms with E-state index in [0.717, 1.165) is 6.92 Å². The van der Waals surface area contributed by atoms with Crippen molar-refractivity contribution in [3.8, 4) is 0 Å². The van der Waals surface area contributed by atoms with Crippen LogP contribution in [0.4, 0.5) is 0 Å². The van der Waals surface area contributed by atoms with Crippen molar-refractivity contribution in [2.24, 2.45) is 0 Å². The molecule has 24 heteroatoms. The fourth-order valence-electron chi connectivity index (χ4n) is 8.93. The highest BCUT2D eigenvalue weighted by molar-refractivity contribution is 6.07. The highest BCUT2D eigenvalue weighted by Crippen LogP contribution is 2.59. The number of rotatable bonds is 15. The summed E-state index contributed by atoms with van der Waals surface area (Å²) in [5.41, 5.74) is -30.6. The monoisotopic (exact) mass is 867 g/mol. The maximum Gasteiger partial charge on any atom is 0.217 e. The second-order valence-corrected chi connectivity index (χ2v) is 15.5. The van der Waals surface area contributed by atoms with Gasteiger partial charge in [0.2, 0.25) is 5.91 Å². The van der Waals surface area contributed by atoms with E-state index in [1.165, 1.54) is 6.92 Å². The van der Waals surface area contributed by atoms with Crippen LogP contribution in [0.25, 0.3) is 0 Å². The van der Waals surface area contributed by atoms with Crippen LogP contribution in [0.3, 0.4) is 0 Å². The number of ketones is 7. The molecule has 2 unspecified atom stereocenters. The van der Waals surface area contributed by atoms with Gasteiger partial charge in [0, 0.05) is 13.5 Å². The van der Waals surface area contributed by atoms with E-state index in [-0.39, 0.29) is 13.5 Å². The summed E-state index contributed by atoms with van der Waals surface area (Å²) in [7, 11) is 0. The lowest BCUT2D eigenvalue weighted by Gasteiger charge is -2.68. The molecule has 3 saturated heterocycles. The molecule has 0 radical (unpaired) electrons. The number of hydrogen-bond donors (Lipinski definition) is 12. The topological polar surface area (TPSA) is 408 Å². The van der Waals surface area contributed by atoms with E-state index in [1.807, 2.05) is 0 Å². The Morgan fingerprint density at radius 2 is 1.03 bits per heavy atom. The van der Waals surface area contributed by atoms with Gasteiger partial charge < -0.3 is 80.4 Å². The maximum atomic E-state index is 14.2. The number of nitrogens with one attached hydrogen (secondary N) is 1. The third-order valence-electron chi connectivity index (χ3n) is 12.0. The summed E-state index contributed by atoms with van der Waals surface area (Å²) < 4.78 is 22.3. The summed E-state index contributed by atoms with van der Waals surface area (Å²) >= 11 is 0. The van der Waals surface area contributed by atoms with Crippen molar-refractivity contribution < 1.29 is 113 Å². The van der Waals surface area contributed by atoms with Crippen molar-refractivity contribution in [2.45, 2.75) is 163 Å². The van der Waals surface area contributed by atoms with E-state index < -0.39 is 153 Å². The van der Waals surface area contributed by atoms with Gasteiger partial charge >= 0.3 is 0 Å². The van der Waals surface area contributed by atoms with Crippen molar-refractivity contribution in [3.63, 3.8) is 0 Å². The summed E-state index contributed by atoms with van der Waals surface area (Å²) in [6.45, 7) is 3.49. The normalized spacial score (nSPS) is 44.2. The predicted octanol–water partition coefficient (Wildman–Crippen LogP) is -7.90. The van der Waals surface area contributed by atoms with Crippen LogP contribution in [0, 0.1) is 0 Å². The molecule has 0 saturated carbocycles. The smallest absolute Gasteiger partial charge is 0.217 e. The molecule has 3 fully saturated rings. The third-order valence-corrected chi connectivity index (χ3v) is 12.0. The molecule has 12 N–H and O–H groups in total. The minimum Gasteiger partial charge on any atom is -0.394 e. The lowest BCUT2D eigenvalue weighted by Crippen LogP contribution is -2.97. The molecule has 0 aromatic carbocycles. The fourth-order valence-corrected chi connectivity index (χ4v) is 8.93. The average molecular weight is 868 g/mol. The summed E-state index contributed by atoms with van der Waals surface area (Å²) in [6, 6.07) is -1.98. The largest absolute Gasteiger partial charge is 0.394 e. The number of carbonyl (C=O) groups excluding carboxylic acids is 8. The first-order valence-electron chi connectivity index (χ1n) is 18.4. The first-order valence-corrected chi connectivity index (χ1v) is 18.4. The zero-order valence-electron chi connectivity index (χ0n) is 34.0. The summed E-state index contributed by atoms with van der Waals surface area (Å²) in [5.74, 6) is -13.9. The molecule has 0 spiro atoms. The molecule has 3 rings (SSSR count). The fraction of sp³-hybridized carbons (Fsp3) is 0.778. The number of amides is 1. The van der Waals surface area contributed by atoms with Gasteiger partial charge in [-0.15, -0.1) is 0 Å². The molecule has 340 valence electrons. The van der Waals surface area contributed by atoms with Crippen LogP contribution < -0.4 is 5.32 Å². The van der Waals surface area contributed by atoms with Crippen LogP contribution in [-0.4, -0.2) is 216 Å². The second kappa shape index (κ2) is 16.7. The quantitative estimate of drug-likeness (QED) is 0.0727. The minimum atomic E-state index is -4.71. The SMILES string of the molecule is CCO[C@H]1O[C@H](CO)[C@](O)([C@@H]2O[C@H](C(O)C(C)=O)[C@@](O)([C@@H]3O[C@H](C(O)C(C)=O)[C@@](O)(C(C)=O)[C@@](O)(C(C)=O)[C@]3(O)C(C)=O)[C@@](O)(C(C)=O)[C@]2(O)C(C)=O)[C@H](O)[C@@H]1NC(C)=O. The van der Waals surface area contributed by atoms with E-state index >= 15 is 0 Å². The highest BCUT2D eigenvalue weighted by atomic mass is 16.7. The number of aliphatic hydroxyl groups is 11. The summed E-state index contributed by atoms with van der Waals surface area (Å²) in [6.07, 6.45) is -26.5. The zero-order valence-corrected chi connectivity index (χ0v) is 34.0. The number of aliphatic hydroxyl groups excluding tert-OH is 4. The second-order valence-electron chi connectivity index (χ2n) is 15.5. The molecule has 0 bridgehead atoms. The first kappa shape index (κ1) is 50.9. The predicted molar refractivity (Wildman–Crippen MR) is 190 cm³/mol. The standard InChI is InChI=1S/C36H53NO23/c1-10-57-27-21(37-19(9)46)24(49)30(50,20(11-38)58-27)28-32(52,15(5)42)36(56,18(8)45)34(54,26(59-28)23(48)13(3)40)29-33(53,16(6)43)35(55,17(7)44)31(51,14(4)41)25(60-29)22(47)12(2)39/h20-29,38,47-56H,10-11H2,1-9H3,(H,37,46)/t20-,21+,22?,23?,24-,25-,26-,27+,28+,29-,30-,31+,32+,33+,34-,35+,36-/m1/s1. The van der Waals surface area contributed by atoms with E-state index in [0.29, 0.717) is 41.5 Å². The lowest BCUT2D eigenvalue weighted by molar-refractivity contribution is -0.428. The number of carbonyl (C=O) groups is 8. The number of ether oxygens (including phenoxy) is 4. The summed E-state index contributed by atoms with van der Waals surface area (Å²) in [5, 5.41) is 135. The first-order chi connectivity index (χ1) is 27.2. The van der Waals surface area contributed by atoms with Crippen molar-refractivity contribution in [2.75, 3.05) is 13.2 Å². The average Bonchev–Trinajstić information content (AvgIpc) is 3.14. The van der Waals surface area contributed by atoms with Crippen molar-refractivity contribution in [1.29, 1.82) is 0 Å². The van der Waals surface area contributed by atoms with Gasteiger partial charge in [0.15, 0.2) is 86.0 Å². The van der Waals surface area contributed by atoms with E-state index in [1.54, 1.807) is 0 Å². The Bertz CT molecular complexity index is 1810. The van der Waals surface area contributed by atoms with Gasteiger partial charge in [-0.2, -0.15) is 0 Å². The Morgan fingerprint density at radius 3 is 1.40 bits per heavy atom. The van der Waals surface area contributed by atoms with Gasteiger partial charge in [0.25, 0.3) is 0 Å². The minimum absolute atomic E-state index is 0.226. The molecular weight excluding hydrogens is 814 g/mol. The Hall–Kier alpha value is -3.44. The molecule has 3 aliphatic heterocycles. The van der Waals surface area contributed by atoms with E-state index in [9.17, 15) is 94.5 Å². The highest BCUT2D eigenvalue weighted by Gasteiger charge is 2.89. The van der Waals surface area contributed by atoms with Crippen LogP contribution >= 0.6 is 0 Å². The number of hydrogen-bond acceptors (Lipinski definition) is 23. The zero-order chi connectivity index (χ0) is 46.8. The van der Waals surface area contributed by atoms with Crippen LogP contribution in [0.5, 0.6) is 0 Å². The number of Topliss-reactive ketones (excluding diaryl/α,β-unsaturated/α-hetero) is 7. The molecule has 3 heterocycles. The Labute approximate surface area is 341 Å². The van der Waals surface area contributed by atoms with E-state index in [4.69, 9.17) is 18.9 Å². The molecule has 0 aromatic heterocycles. The lowest BCUT2D eigenvalue weighted by atomic mass is 9.49. The van der Waals surface area contributed by atoms with Gasteiger partial charge in [-0.25, -0.2) is 0 Å². The van der Waals surface area contributed by atoms with Crippen LogP contribution in [-0.2, 0) is 57.3 Å². The van der Waals surface area contributed by atoms with Crippen molar-refractivity contribution in [3.05, 3.63) is 0 Å². The maximum absolute atomic E-state index is 14.2. The Morgan fingerprint density at radius 1 is 0.617 bits per heavy atom. The third kappa shape index (κ3) is 6.47. The molecule has 0 aromatic rings.